The van der Waals surface area contributed by atoms with Crippen LogP contribution in [0.2, 0.25) is 0 Å². The Morgan fingerprint density at radius 1 is 1.44 bits per heavy atom. The molecule has 0 aliphatic heterocycles. The molecule has 4 nitrogen and oxygen atoms in total. The number of hydrogen-bond acceptors (Lipinski definition) is 4. The van der Waals surface area contributed by atoms with E-state index in [4.69, 9.17) is 0 Å². The number of hydrogen-bond donors (Lipinski definition) is 1. The maximum Gasteiger partial charge on any atom is 0.338 e. The molecule has 0 fully saturated rings. The molecule has 0 atom stereocenters. The number of ether oxygens (including phenoxy) is 1. The number of carbonyl (C=O) groups excluding carboxylic acids is 1. The molecule has 0 spiro atoms. The lowest BCUT2D eigenvalue weighted by Crippen LogP contribution is -2.26. The van der Waals surface area contributed by atoms with Gasteiger partial charge < -0.3 is 10.1 Å². The van der Waals surface area contributed by atoms with E-state index >= 15 is 0 Å². The molecule has 0 saturated heterocycles. The van der Waals surface area contributed by atoms with Crippen molar-refractivity contribution < 1.29 is 9.53 Å². The summed E-state index contributed by atoms with van der Waals surface area (Å²) in [5.74, 6) is 0.266. The van der Waals surface area contributed by atoms with E-state index in [-0.39, 0.29) is 11.5 Å². The van der Waals surface area contributed by atoms with Crippen molar-refractivity contribution in [2.75, 3.05) is 12.4 Å². The first-order valence-corrected chi connectivity index (χ1v) is 5.65. The van der Waals surface area contributed by atoms with Crippen LogP contribution in [-0.4, -0.2) is 23.6 Å². The predicted octanol–water partition coefficient (Wildman–Crippen LogP) is 2.84. The Bertz CT molecular complexity index is 399. The molecule has 5 heteroatoms. The molecule has 1 N–H and O–H groups in total. The monoisotopic (exact) mass is 286 g/mol. The molecule has 0 amide bonds. The van der Waals surface area contributed by atoms with Crippen LogP contribution < -0.4 is 5.32 Å². The van der Waals surface area contributed by atoms with Crippen molar-refractivity contribution in [3.05, 3.63) is 22.3 Å². The van der Waals surface area contributed by atoms with E-state index in [1.54, 1.807) is 12.1 Å². The van der Waals surface area contributed by atoms with Gasteiger partial charge in [-0.1, -0.05) is 0 Å². The number of pyridine rings is 1. The van der Waals surface area contributed by atoms with Gasteiger partial charge in [0.2, 0.25) is 0 Å². The number of nitrogens with zero attached hydrogens (tertiary/aromatic N) is 1. The molecule has 0 radical (unpaired) electrons. The molecule has 1 aromatic heterocycles. The van der Waals surface area contributed by atoms with Crippen molar-refractivity contribution in [3.8, 4) is 0 Å². The van der Waals surface area contributed by atoms with E-state index in [1.807, 2.05) is 20.8 Å². The van der Waals surface area contributed by atoms with Crippen LogP contribution >= 0.6 is 15.9 Å². The number of rotatable bonds is 2. The van der Waals surface area contributed by atoms with Gasteiger partial charge in [0.15, 0.2) is 0 Å². The molecular weight excluding hydrogens is 272 g/mol. The van der Waals surface area contributed by atoms with Gasteiger partial charge in [-0.15, -0.1) is 0 Å². The van der Waals surface area contributed by atoms with Gasteiger partial charge in [0.1, 0.15) is 10.4 Å². The van der Waals surface area contributed by atoms with Gasteiger partial charge in [-0.3, -0.25) is 0 Å². The fourth-order valence-corrected chi connectivity index (χ4v) is 1.62. The van der Waals surface area contributed by atoms with E-state index in [2.05, 4.69) is 31.0 Å². The number of methoxy groups -OCH3 is 1. The van der Waals surface area contributed by atoms with Gasteiger partial charge in [0.05, 0.1) is 12.7 Å². The molecule has 0 unspecified atom stereocenters. The fourth-order valence-electron chi connectivity index (χ4n) is 1.18. The summed E-state index contributed by atoms with van der Waals surface area (Å²) < 4.78 is 5.26. The van der Waals surface area contributed by atoms with Gasteiger partial charge in [0, 0.05) is 5.54 Å². The second-order valence-corrected chi connectivity index (χ2v) is 5.24. The summed E-state index contributed by atoms with van der Waals surface area (Å²) in [4.78, 5) is 15.6. The van der Waals surface area contributed by atoms with E-state index in [1.165, 1.54) is 7.11 Å². The Morgan fingerprint density at radius 3 is 2.56 bits per heavy atom. The Hall–Kier alpha value is -1.10. The first-order valence-electron chi connectivity index (χ1n) is 4.86. The standard InChI is InChI=1S/C11H15BrN2O2/c1-11(2,3)14-9-6-7(10(15)16-4)5-8(12)13-9/h5-6H,1-4H3,(H,13,14). The molecule has 0 aliphatic rings. The molecular formula is C11H15BrN2O2. The van der Waals surface area contributed by atoms with Gasteiger partial charge in [-0.25, -0.2) is 9.78 Å². The minimum atomic E-state index is -0.375. The van der Waals surface area contributed by atoms with E-state index in [0.717, 1.165) is 0 Å². The summed E-state index contributed by atoms with van der Waals surface area (Å²) in [7, 11) is 1.35. The lowest BCUT2D eigenvalue weighted by molar-refractivity contribution is 0.0600. The normalized spacial score (nSPS) is 11.1. The smallest absolute Gasteiger partial charge is 0.338 e. The van der Waals surface area contributed by atoms with Crippen molar-refractivity contribution in [3.63, 3.8) is 0 Å². The van der Waals surface area contributed by atoms with Crippen LogP contribution in [0.1, 0.15) is 31.1 Å². The zero-order valence-electron chi connectivity index (χ0n) is 9.80. The second-order valence-electron chi connectivity index (χ2n) is 4.43. The van der Waals surface area contributed by atoms with Gasteiger partial charge in [0.25, 0.3) is 0 Å². The lowest BCUT2D eigenvalue weighted by atomic mass is 10.1. The number of carbonyl (C=O) groups is 1. The van der Waals surface area contributed by atoms with Crippen LogP contribution in [0, 0.1) is 0 Å². The quantitative estimate of drug-likeness (QED) is 0.671. The van der Waals surface area contributed by atoms with E-state index in [9.17, 15) is 4.79 Å². The summed E-state index contributed by atoms with van der Waals surface area (Å²) in [6.07, 6.45) is 0. The third-order valence-corrected chi connectivity index (χ3v) is 2.12. The summed E-state index contributed by atoms with van der Waals surface area (Å²) in [5, 5.41) is 3.19. The predicted molar refractivity (Wildman–Crippen MR) is 66.7 cm³/mol. The number of anilines is 1. The number of halogens is 1. The molecule has 0 bridgehead atoms. The van der Waals surface area contributed by atoms with Crippen LogP contribution in [0.25, 0.3) is 0 Å². The van der Waals surface area contributed by atoms with Crippen LogP contribution in [0.3, 0.4) is 0 Å². The van der Waals surface area contributed by atoms with Crippen molar-refractivity contribution in [2.45, 2.75) is 26.3 Å². The Kier molecular flexibility index (Phi) is 3.91. The molecule has 0 saturated carbocycles. The molecule has 88 valence electrons. The first-order chi connectivity index (χ1) is 7.31. The third kappa shape index (κ3) is 3.81. The van der Waals surface area contributed by atoms with E-state index in [0.29, 0.717) is 16.0 Å². The molecule has 1 heterocycles. The van der Waals surface area contributed by atoms with Crippen molar-refractivity contribution in [1.82, 2.24) is 4.98 Å². The maximum atomic E-state index is 11.4. The molecule has 16 heavy (non-hydrogen) atoms. The minimum absolute atomic E-state index is 0.110. The molecule has 1 rings (SSSR count). The highest BCUT2D eigenvalue weighted by molar-refractivity contribution is 9.10. The zero-order valence-corrected chi connectivity index (χ0v) is 11.4. The fraction of sp³-hybridized carbons (Fsp3) is 0.455. The highest BCUT2D eigenvalue weighted by Gasteiger charge is 2.13. The highest BCUT2D eigenvalue weighted by Crippen LogP contribution is 2.18. The van der Waals surface area contributed by atoms with Gasteiger partial charge >= 0.3 is 5.97 Å². The molecule has 0 aliphatic carbocycles. The average Bonchev–Trinajstić information content (AvgIpc) is 2.12. The number of esters is 1. The average molecular weight is 287 g/mol. The van der Waals surface area contributed by atoms with Crippen molar-refractivity contribution in [2.24, 2.45) is 0 Å². The first kappa shape index (κ1) is 13.0. The van der Waals surface area contributed by atoms with Crippen LogP contribution in [0.5, 0.6) is 0 Å². The molecule has 0 aromatic carbocycles. The van der Waals surface area contributed by atoms with E-state index < -0.39 is 0 Å². The minimum Gasteiger partial charge on any atom is -0.465 e. The summed E-state index contributed by atoms with van der Waals surface area (Å²) in [5.41, 5.74) is 0.359. The third-order valence-electron chi connectivity index (χ3n) is 1.72. The topological polar surface area (TPSA) is 51.2 Å². The summed E-state index contributed by atoms with van der Waals surface area (Å²) in [6.45, 7) is 6.06. The Balaban J connectivity index is 3.03. The SMILES string of the molecule is COC(=O)c1cc(Br)nc(NC(C)(C)C)c1. The Labute approximate surface area is 104 Å². The summed E-state index contributed by atoms with van der Waals surface area (Å²) in [6, 6.07) is 3.29. The largest absolute Gasteiger partial charge is 0.465 e. The highest BCUT2D eigenvalue weighted by atomic mass is 79.9. The van der Waals surface area contributed by atoms with Crippen molar-refractivity contribution in [1.29, 1.82) is 0 Å². The molecule has 1 aromatic rings. The zero-order chi connectivity index (χ0) is 12.3. The Morgan fingerprint density at radius 2 is 2.06 bits per heavy atom. The van der Waals surface area contributed by atoms with Crippen LogP contribution in [0.15, 0.2) is 16.7 Å². The summed E-state index contributed by atoms with van der Waals surface area (Å²) >= 11 is 3.26. The lowest BCUT2D eigenvalue weighted by Gasteiger charge is -2.21. The van der Waals surface area contributed by atoms with Crippen LogP contribution in [-0.2, 0) is 4.74 Å². The second kappa shape index (κ2) is 4.82. The van der Waals surface area contributed by atoms with Gasteiger partial charge in [-0.05, 0) is 48.8 Å². The van der Waals surface area contributed by atoms with Crippen LogP contribution in [0.4, 0.5) is 5.82 Å². The number of nitrogens with one attached hydrogen (secondary N) is 1. The number of aromatic nitrogens is 1. The van der Waals surface area contributed by atoms with Crippen molar-refractivity contribution >= 4 is 27.7 Å². The maximum absolute atomic E-state index is 11.4. The van der Waals surface area contributed by atoms with Gasteiger partial charge in [-0.2, -0.15) is 0 Å².